The number of aromatic carboxylic acids is 1. The van der Waals surface area contributed by atoms with Crippen LogP contribution in [0.25, 0.3) is 0 Å². The monoisotopic (exact) mass is 283 g/mol. The minimum absolute atomic E-state index is 0.265. The molecule has 1 heterocycles. The summed E-state index contributed by atoms with van der Waals surface area (Å²) in [5.74, 6) is -0.662. The number of aromatic nitrogens is 1. The Hall–Kier alpha value is -2.22. The normalized spacial score (nSPS) is 10.6. The van der Waals surface area contributed by atoms with Crippen LogP contribution in [0, 0.1) is 16.0 Å². The van der Waals surface area contributed by atoms with Crippen molar-refractivity contribution < 1.29 is 19.6 Å². The average Bonchev–Trinajstić information content (AvgIpc) is 2.37. The smallest absolute Gasteiger partial charge is 0.342 e. The van der Waals surface area contributed by atoms with Gasteiger partial charge in [0, 0.05) is 19.2 Å². The summed E-state index contributed by atoms with van der Waals surface area (Å²) in [6.07, 6.45) is 0.931. The number of carboxylic acid groups (broad SMARTS) is 1. The van der Waals surface area contributed by atoms with Crippen molar-refractivity contribution in [2.45, 2.75) is 13.8 Å². The lowest BCUT2D eigenvalue weighted by atomic mass is 10.2. The predicted octanol–water partition coefficient (Wildman–Crippen LogP) is 1.77. The second-order valence-corrected chi connectivity index (χ2v) is 4.54. The van der Waals surface area contributed by atoms with Crippen molar-refractivity contribution in [1.29, 1.82) is 0 Å². The van der Waals surface area contributed by atoms with Crippen LogP contribution in [0.3, 0.4) is 0 Å². The fourth-order valence-electron chi connectivity index (χ4n) is 1.43. The summed E-state index contributed by atoms with van der Waals surface area (Å²) in [5.41, 5.74) is -0.922. The first kappa shape index (κ1) is 15.8. The highest BCUT2D eigenvalue weighted by Crippen LogP contribution is 2.19. The molecule has 1 aromatic rings. The molecular weight excluding hydrogens is 266 g/mol. The van der Waals surface area contributed by atoms with E-state index in [1.165, 1.54) is 0 Å². The molecule has 1 rings (SSSR count). The van der Waals surface area contributed by atoms with Crippen LogP contribution in [0.15, 0.2) is 12.3 Å². The molecule has 0 aliphatic rings. The minimum Gasteiger partial charge on any atom is -0.477 e. The molecule has 8 nitrogen and oxygen atoms in total. The van der Waals surface area contributed by atoms with Crippen molar-refractivity contribution in [3.63, 3.8) is 0 Å². The summed E-state index contributed by atoms with van der Waals surface area (Å²) < 4.78 is 5.34. The molecule has 110 valence electrons. The van der Waals surface area contributed by atoms with E-state index in [1.54, 1.807) is 0 Å². The standard InChI is InChI=1S/C12H17N3O5/c1-8(2)7-20-4-3-13-11-5-9(12(16)17)10(6-14-11)15(18)19/h5-6,8H,3-4,7H2,1-2H3,(H,13,14)(H,16,17). The molecule has 0 aliphatic heterocycles. The number of hydrogen-bond acceptors (Lipinski definition) is 6. The maximum atomic E-state index is 10.9. The molecule has 0 amide bonds. The third kappa shape index (κ3) is 4.81. The lowest BCUT2D eigenvalue weighted by Crippen LogP contribution is -2.13. The molecule has 0 unspecified atom stereocenters. The molecule has 2 N–H and O–H groups in total. The zero-order chi connectivity index (χ0) is 15.1. The molecular formula is C12H17N3O5. The average molecular weight is 283 g/mol. The van der Waals surface area contributed by atoms with Gasteiger partial charge in [-0.05, 0) is 5.92 Å². The maximum Gasteiger partial charge on any atom is 0.342 e. The second-order valence-electron chi connectivity index (χ2n) is 4.54. The summed E-state index contributed by atoms with van der Waals surface area (Å²) >= 11 is 0. The van der Waals surface area contributed by atoms with Gasteiger partial charge in [0.05, 0.1) is 11.5 Å². The van der Waals surface area contributed by atoms with Crippen LogP contribution in [-0.4, -0.2) is 40.7 Å². The Morgan fingerprint density at radius 1 is 1.60 bits per heavy atom. The fraction of sp³-hybridized carbons (Fsp3) is 0.500. The third-order valence-corrected chi connectivity index (χ3v) is 2.31. The van der Waals surface area contributed by atoms with Crippen LogP contribution < -0.4 is 5.32 Å². The number of hydrogen-bond donors (Lipinski definition) is 2. The quantitative estimate of drug-likeness (QED) is 0.424. The number of pyridine rings is 1. The minimum atomic E-state index is -1.36. The topological polar surface area (TPSA) is 115 Å². The van der Waals surface area contributed by atoms with Crippen LogP contribution in [0.4, 0.5) is 11.5 Å². The largest absolute Gasteiger partial charge is 0.477 e. The summed E-state index contributed by atoms with van der Waals surface area (Å²) in [5, 5.41) is 22.4. The van der Waals surface area contributed by atoms with Gasteiger partial charge in [-0.25, -0.2) is 9.78 Å². The van der Waals surface area contributed by atoms with Crippen LogP contribution in [0.2, 0.25) is 0 Å². The van der Waals surface area contributed by atoms with E-state index in [4.69, 9.17) is 9.84 Å². The number of carboxylic acids is 1. The Morgan fingerprint density at radius 2 is 2.30 bits per heavy atom. The molecule has 0 saturated carbocycles. The Bertz CT molecular complexity index is 490. The molecule has 0 radical (unpaired) electrons. The van der Waals surface area contributed by atoms with Gasteiger partial charge in [-0.1, -0.05) is 13.8 Å². The number of nitrogens with zero attached hydrogens (tertiary/aromatic N) is 2. The SMILES string of the molecule is CC(C)COCCNc1cc(C(=O)O)c([N+](=O)[O-])cn1. The maximum absolute atomic E-state index is 10.9. The van der Waals surface area contributed by atoms with Gasteiger partial charge in [-0.15, -0.1) is 0 Å². The molecule has 1 aromatic heterocycles. The molecule has 0 fully saturated rings. The van der Waals surface area contributed by atoms with Crippen molar-refractivity contribution in [2.24, 2.45) is 5.92 Å². The highest BCUT2D eigenvalue weighted by atomic mass is 16.6. The van der Waals surface area contributed by atoms with E-state index in [0.29, 0.717) is 25.7 Å². The molecule has 0 spiro atoms. The summed E-state index contributed by atoms with van der Waals surface area (Å²) in [6, 6.07) is 1.14. The Labute approximate surface area is 115 Å². The van der Waals surface area contributed by atoms with Gasteiger partial charge < -0.3 is 15.2 Å². The van der Waals surface area contributed by atoms with E-state index < -0.39 is 22.1 Å². The van der Waals surface area contributed by atoms with Crippen molar-refractivity contribution in [2.75, 3.05) is 25.1 Å². The van der Waals surface area contributed by atoms with Crippen molar-refractivity contribution in [1.82, 2.24) is 4.98 Å². The Kier molecular flexibility index (Phi) is 5.85. The third-order valence-electron chi connectivity index (χ3n) is 2.31. The molecule has 8 heteroatoms. The van der Waals surface area contributed by atoms with Crippen LogP contribution in [0.1, 0.15) is 24.2 Å². The molecule has 0 aromatic carbocycles. The van der Waals surface area contributed by atoms with Crippen LogP contribution >= 0.6 is 0 Å². The lowest BCUT2D eigenvalue weighted by Gasteiger charge is -2.08. The van der Waals surface area contributed by atoms with Gasteiger partial charge in [0.2, 0.25) is 0 Å². The first-order valence-corrected chi connectivity index (χ1v) is 6.11. The molecule has 20 heavy (non-hydrogen) atoms. The number of ether oxygens (including phenoxy) is 1. The van der Waals surface area contributed by atoms with Crippen LogP contribution in [-0.2, 0) is 4.74 Å². The van der Waals surface area contributed by atoms with Crippen molar-refractivity contribution in [3.8, 4) is 0 Å². The highest BCUT2D eigenvalue weighted by Gasteiger charge is 2.20. The van der Waals surface area contributed by atoms with Crippen LogP contribution in [0.5, 0.6) is 0 Å². The van der Waals surface area contributed by atoms with E-state index in [9.17, 15) is 14.9 Å². The molecule has 0 saturated heterocycles. The van der Waals surface area contributed by atoms with E-state index in [2.05, 4.69) is 10.3 Å². The zero-order valence-electron chi connectivity index (χ0n) is 11.3. The molecule has 0 aliphatic carbocycles. The van der Waals surface area contributed by atoms with E-state index in [-0.39, 0.29) is 5.82 Å². The van der Waals surface area contributed by atoms with Gasteiger partial charge in [0.1, 0.15) is 17.6 Å². The molecule has 0 bridgehead atoms. The molecule has 0 atom stereocenters. The van der Waals surface area contributed by atoms with E-state index in [1.807, 2.05) is 13.8 Å². The number of rotatable bonds is 8. The first-order valence-electron chi connectivity index (χ1n) is 6.11. The van der Waals surface area contributed by atoms with Gasteiger partial charge in [-0.3, -0.25) is 10.1 Å². The number of nitro groups is 1. The summed E-state index contributed by atoms with van der Waals surface area (Å²) in [4.78, 5) is 24.6. The number of anilines is 1. The predicted molar refractivity (Wildman–Crippen MR) is 72.0 cm³/mol. The van der Waals surface area contributed by atoms with Gasteiger partial charge >= 0.3 is 11.7 Å². The van der Waals surface area contributed by atoms with Gasteiger partial charge in [0.25, 0.3) is 0 Å². The van der Waals surface area contributed by atoms with E-state index in [0.717, 1.165) is 12.3 Å². The van der Waals surface area contributed by atoms with Gasteiger partial charge in [0.15, 0.2) is 0 Å². The first-order chi connectivity index (χ1) is 9.41. The van der Waals surface area contributed by atoms with Crippen molar-refractivity contribution >= 4 is 17.5 Å². The summed E-state index contributed by atoms with van der Waals surface area (Å²) in [6.45, 7) is 5.58. The Morgan fingerprint density at radius 3 is 2.85 bits per heavy atom. The summed E-state index contributed by atoms with van der Waals surface area (Å²) in [7, 11) is 0. The Balaban J connectivity index is 2.61. The highest BCUT2D eigenvalue weighted by molar-refractivity contribution is 5.93. The van der Waals surface area contributed by atoms with E-state index >= 15 is 0 Å². The second kappa shape index (κ2) is 7.39. The fourth-order valence-corrected chi connectivity index (χ4v) is 1.43. The lowest BCUT2D eigenvalue weighted by molar-refractivity contribution is -0.385. The zero-order valence-corrected chi connectivity index (χ0v) is 11.3. The van der Waals surface area contributed by atoms with Gasteiger partial charge in [-0.2, -0.15) is 0 Å². The number of carbonyl (C=O) groups is 1. The van der Waals surface area contributed by atoms with Crippen molar-refractivity contribution in [3.05, 3.63) is 27.9 Å². The number of nitrogens with one attached hydrogen (secondary N) is 1.